The molecule has 2 aromatic carbocycles. The fourth-order valence-corrected chi connectivity index (χ4v) is 1.87. The van der Waals surface area contributed by atoms with Gasteiger partial charge in [0.05, 0.1) is 0 Å². The molecule has 4 nitrogen and oxygen atoms in total. The highest BCUT2D eigenvalue weighted by molar-refractivity contribution is 5.93. The third-order valence-electron chi connectivity index (χ3n) is 3.06. The molecule has 0 aromatic heterocycles. The van der Waals surface area contributed by atoms with E-state index in [2.05, 4.69) is 0 Å². The third kappa shape index (κ3) is 2.81. The zero-order chi connectivity index (χ0) is 14.8. The van der Waals surface area contributed by atoms with E-state index < -0.39 is 11.8 Å². The van der Waals surface area contributed by atoms with E-state index in [1.807, 2.05) is 0 Å². The predicted molar refractivity (Wildman–Crippen MR) is 74.3 cm³/mol. The van der Waals surface area contributed by atoms with Crippen molar-refractivity contribution >= 4 is 5.97 Å². The van der Waals surface area contributed by atoms with Gasteiger partial charge in [-0.05, 0) is 18.6 Å². The van der Waals surface area contributed by atoms with Crippen molar-refractivity contribution in [1.82, 2.24) is 0 Å². The number of para-hydroxylation sites is 1. The van der Waals surface area contributed by atoms with Crippen LogP contribution >= 0.6 is 0 Å². The topological polar surface area (TPSA) is 66.8 Å². The highest BCUT2D eigenvalue weighted by atomic mass is 16.7. The van der Waals surface area contributed by atoms with Crippen LogP contribution in [-0.4, -0.2) is 16.2 Å². The van der Waals surface area contributed by atoms with Crippen LogP contribution in [0.2, 0.25) is 0 Å². The van der Waals surface area contributed by atoms with Gasteiger partial charge in [-0.3, -0.25) is 0 Å². The van der Waals surface area contributed by atoms with Gasteiger partial charge in [-0.25, -0.2) is 4.79 Å². The van der Waals surface area contributed by atoms with Crippen LogP contribution in [0.4, 0.5) is 0 Å². The average Bonchev–Trinajstić information content (AvgIpc) is 2.42. The number of carbonyl (C=O) groups excluding carboxylic acids is 1. The van der Waals surface area contributed by atoms with E-state index in [9.17, 15) is 15.0 Å². The molecule has 0 saturated heterocycles. The Balaban J connectivity index is 2.25. The summed E-state index contributed by atoms with van der Waals surface area (Å²) < 4.78 is 5.10. The maximum Gasteiger partial charge on any atom is 0.344 e. The van der Waals surface area contributed by atoms with Gasteiger partial charge in [0, 0.05) is 12.5 Å². The summed E-state index contributed by atoms with van der Waals surface area (Å²) in [6, 6.07) is 13.4. The molecule has 104 valence electrons. The first-order valence-corrected chi connectivity index (χ1v) is 6.21. The van der Waals surface area contributed by atoms with Crippen LogP contribution < -0.4 is 0 Å². The highest BCUT2D eigenvalue weighted by Crippen LogP contribution is 2.27. The third-order valence-corrected chi connectivity index (χ3v) is 3.06. The average molecular weight is 272 g/mol. The summed E-state index contributed by atoms with van der Waals surface area (Å²) in [6.45, 7) is 3.06. The number of aryl methyl sites for hydroxylation is 1. The quantitative estimate of drug-likeness (QED) is 0.666. The van der Waals surface area contributed by atoms with Crippen LogP contribution in [-0.2, 0) is 10.5 Å². The van der Waals surface area contributed by atoms with Crippen molar-refractivity contribution in [2.75, 3.05) is 0 Å². The normalized spacial score (nSPS) is 13.6. The number of hydrogen-bond donors (Lipinski definition) is 2. The molecule has 0 fully saturated rings. The summed E-state index contributed by atoms with van der Waals surface area (Å²) in [4.78, 5) is 12.1. The predicted octanol–water partition coefficient (Wildman–Crippen LogP) is 2.72. The van der Waals surface area contributed by atoms with E-state index >= 15 is 0 Å². The van der Waals surface area contributed by atoms with Crippen molar-refractivity contribution < 1.29 is 19.7 Å². The summed E-state index contributed by atoms with van der Waals surface area (Å²) in [6.07, 6.45) is 0. The van der Waals surface area contributed by atoms with Gasteiger partial charge in [0.15, 0.2) is 0 Å². The first-order valence-electron chi connectivity index (χ1n) is 6.21. The molecule has 2 rings (SSSR count). The monoisotopic (exact) mass is 272 g/mol. The van der Waals surface area contributed by atoms with Crippen molar-refractivity contribution in [2.45, 2.75) is 19.6 Å². The van der Waals surface area contributed by atoms with Gasteiger partial charge in [-0.1, -0.05) is 42.5 Å². The number of phenolic OH excluding ortho intramolecular Hbond substituents is 1. The van der Waals surface area contributed by atoms with Crippen molar-refractivity contribution in [3.05, 3.63) is 65.2 Å². The second kappa shape index (κ2) is 5.35. The maximum atomic E-state index is 12.1. The van der Waals surface area contributed by atoms with Crippen LogP contribution in [0.1, 0.15) is 28.4 Å². The van der Waals surface area contributed by atoms with Crippen molar-refractivity contribution in [2.24, 2.45) is 0 Å². The van der Waals surface area contributed by atoms with Gasteiger partial charge in [0.2, 0.25) is 5.79 Å². The van der Waals surface area contributed by atoms with E-state index in [0.29, 0.717) is 11.1 Å². The Kier molecular flexibility index (Phi) is 3.77. The number of rotatable bonds is 3. The van der Waals surface area contributed by atoms with Crippen molar-refractivity contribution in [3.8, 4) is 5.75 Å². The second-order valence-corrected chi connectivity index (χ2v) is 4.71. The first-order chi connectivity index (χ1) is 9.42. The molecular formula is C16H16O4. The summed E-state index contributed by atoms with van der Waals surface area (Å²) in [5, 5.41) is 20.1. The standard InChI is InChI=1S/C16H16O4/c1-11-7-6-10-13(14(11)17)15(18)20-16(2,19)12-8-4-3-5-9-12/h3-10,17,19H,1-2H3. The van der Waals surface area contributed by atoms with Crippen LogP contribution in [0.25, 0.3) is 0 Å². The smallest absolute Gasteiger partial charge is 0.344 e. The Morgan fingerprint density at radius 3 is 2.40 bits per heavy atom. The van der Waals surface area contributed by atoms with Gasteiger partial charge < -0.3 is 14.9 Å². The molecule has 2 N–H and O–H groups in total. The minimum atomic E-state index is -1.76. The lowest BCUT2D eigenvalue weighted by Crippen LogP contribution is -2.28. The molecule has 0 aliphatic heterocycles. The lowest BCUT2D eigenvalue weighted by molar-refractivity contribution is -0.158. The Bertz CT molecular complexity index is 618. The van der Waals surface area contributed by atoms with Gasteiger partial charge in [0.25, 0.3) is 0 Å². The van der Waals surface area contributed by atoms with Crippen molar-refractivity contribution in [1.29, 1.82) is 0 Å². The number of aromatic hydroxyl groups is 1. The van der Waals surface area contributed by atoms with Gasteiger partial charge in [-0.2, -0.15) is 0 Å². The van der Waals surface area contributed by atoms with Gasteiger partial charge in [-0.15, -0.1) is 0 Å². The lowest BCUT2D eigenvalue weighted by atomic mass is 10.1. The van der Waals surface area contributed by atoms with E-state index in [1.165, 1.54) is 13.0 Å². The molecule has 4 heteroatoms. The van der Waals surface area contributed by atoms with E-state index in [-0.39, 0.29) is 11.3 Å². The van der Waals surface area contributed by atoms with Crippen LogP contribution in [0.5, 0.6) is 5.75 Å². The second-order valence-electron chi connectivity index (χ2n) is 4.71. The molecule has 0 saturated carbocycles. The Morgan fingerprint density at radius 2 is 1.75 bits per heavy atom. The van der Waals surface area contributed by atoms with Crippen LogP contribution in [0.15, 0.2) is 48.5 Å². The van der Waals surface area contributed by atoms with Crippen LogP contribution in [0.3, 0.4) is 0 Å². The molecule has 20 heavy (non-hydrogen) atoms. The Morgan fingerprint density at radius 1 is 1.10 bits per heavy atom. The Hall–Kier alpha value is -2.33. The number of esters is 1. The Labute approximate surface area is 117 Å². The molecule has 0 radical (unpaired) electrons. The minimum Gasteiger partial charge on any atom is -0.507 e. The molecule has 1 unspecified atom stereocenters. The van der Waals surface area contributed by atoms with E-state index in [4.69, 9.17) is 4.74 Å². The number of benzene rings is 2. The number of phenols is 1. The van der Waals surface area contributed by atoms with Crippen LogP contribution in [0, 0.1) is 6.92 Å². The molecule has 0 heterocycles. The molecule has 0 aliphatic carbocycles. The molecular weight excluding hydrogens is 256 g/mol. The zero-order valence-electron chi connectivity index (χ0n) is 11.3. The number of ether oxygens (including phenoxy) is 1. The highest BCUT2D eigenvalue weighted by Gasteiger charge is 2.29. The van der Waals surface area contributed by atoms with E-state index in [1.54, 1.807) is 49.4 Å². The molecule has 2 aromatic rings. The van der Waals surface area contributed by atoms with E-state index in [0.717, 1.165) is 0 Å². The largest absolute Gasteiger partial charge is 0.507 e. The SMILES string of the molecule is Cc1cccc(C(=O)OC(C)(O)c2ccccc2)c1O. The van der Waals surface area contributed by atoms with Gasteiger partial charge >= 0.3 is 5.97 Å². The molecule has 0 amide bonds. The number of hydrogen-bond acceptors (Lipinski definition) is 4. The molecule has 0 spiro atoms. The number of aliphatic hydroxyl groups is 1. The number of carbonyl (C=O) groups is 1. The summed E-state index contributed by atoms with van der Waals surface area (Å²) in [5.74, 6) is -2.67. The molecule has 0 bridgehead atoms. The minimum absolute atomic E-state index is 0.0289. The summed E-state index contributed by atoms with van der Waals surface area (Å²) in [7, 11) is 0. The molecule has 1 atom stereocenters. The summed E-state index contributed by atoms with van der Waals surface area (Å²) >= 11 is 0. The lowest BCUT2D eigenvalue weighted by Gasteiger charge is -2.24. The molecule has 0 aliphatic rings. The zero-order valence-corrected chi connectivity index (χ0v) is 11.3. The first kappa shape index (κ1) is 14.1. The fourth-order valence-electron chi connectivity index (χ4n) is 1.87. The fraction of sp³-hybridized carbons (Fsp3) is 0.188. The van der Waals surface area contributed by atoms with Gasteiger partial charge in [0.1, 0.15) is 11.3 Å². The van der Waals surface area contributed by atoms with Crippen molar-refractivity contribution in [3.63, 3.8) is 0 Å². The maximum absolute atomic E-state index is 12.1. The summed E-state index contributed by atoms with van der Waals surface area (Å²) in [5.41, 5.74) is 1.06.